The van der Waals surface area contributed by atoms with Crippen molar-refractivity contribution in [1.29, 1.82) is 0 Å². The number of nitrogens with zero attached hydrogens (tertiary/aromatic N) is 5. The molecule has 1 aliphatic rings. The third-order valence-electron chi connectivity index (χ3n) is 6.06. The third-order valence-corrected chi connectivity index (χ3v) is 6.86. The Balaban J connectivity index is 1.20. The molecular formula is C24H28FN7S. The first-order valence-corrected chi connectivity index (χ1v) is 12.2. The molecule has 7 nitrogen and oxygen atoms in total. The molecule has 1 fully saturated rings. The summed E-state index contributed by atoms with van der Waals surface area (Å²) >= 11 is 1.59. The van der Waals surface area contributed by atoms with Crippen LogP contribution in [0.25, 0.3) is 11.0 Å². The number of likely N-dealkylation sites (tertiary alicyclic amines) is 1. The second-order valence-corrected chi connectivity index (χ2v) is 9.63. The Morgan fingerprint density at radius 2 is 1.85 bits per heavy atom. The van der Waals surface area contributed by atoms with Gasteiger partial charge in [0, 0.05) is 32.2 Å². The highest BCUT2D eigenvalue weighted by molar-refractivity contribution is 7.15. The summed E-state index contributed by atoms with van der Waals surface area (Å²) in [4.78, 5) is 7.35. The van der Waals surface area contributed by atoms with Crippen LogP contribution in [0, 0.1) is 12.7 Å². The number of fused-ring (bicyclic) bond motifs is 1. The highest BCUT2D eigenvalue weighted by atomic mass is 32.1. The Labute approximate surface area is 196 Å². The zero-order chi connectivity index (χ0) is 22.6. The number of halogens is 1. The molecule has 0 saturated carbocycles. The molecule has 2 aromatic heterocycles. The Bertz CT molecular complexity index is 1200. The maximum Gasteiger partial charge on any atom is 0.205 e. The fraction of sp³-hybridized carbons (Fsp3) is 0.375. The molecule has 4 aromatic rings. The number of piperidine rings is 1. The summed E-state index contributed by atoms with van der Waals surface area (Å²) in [6, 6.07) is 15.2. The van der Waals surface area contributed by atoms with Gasteiger partial charge in [-0.2, -0.15) is 0 Å². The van der Waals surface area contributed by atoms with Gasteiger partial charge in [-0.05, 0) is 49.6 Å². The molecule has 1 saturated heterocycles. The minimum absolute atomic E-state index is 0.215. The van der Waals surface area contributed by atoms with Crippen molar-refractivity contribution < 1.29 is 4.39 Å². The molecule has 0 aliphatic carbocycles. The van der Waals surface area contributed by atoms with E-state index in [0.29, 0.717) is 12.6 Å². The fourth-order valence-electron chi connectivity index (χ4n) is 4.29. The van der Waals surface area contributed by atoms with E-state index in [4.69, 9.17) is 4.98 Å². The van der Waals surface area contributed by atoms with Crippen LogP contribution in [0.4, 0.5) is 15.5 Å². The minimum atomic E-state index is -0.215. The van der Waals surface area contributed by atoms with E-state index < -0.39 is 0 Å². The summed E-state index contributed by atoms with van der Waals surface area (Å²) in [5.74, 6) is 0.667. The predicted octanol–water partition coefficient (Wildman–Crippen LogP) is 4.37. The molecule has 0 atom stereocenters. The van der Waals surface area contributed by atoms with Gasteiger partial charge in [-0.25, -0.2) is 9.37 Å². The first-order valence-electron chi connectivity index (χ1n) is 11.4. The van der Waals surface area contributed by atoms with Gasteiger partial charge < -0.3 is 20.1 Å². The third kappa shape index (κ3) is 5.31. The van der Waals surface area contributed by atoms with Crippen LogP contribution in [0.2, 0.25) is 0 Å². The molecule has 0 unspecified atom stereocenters. The van der Waals surface area contributed by atoms with Crippen LogP contribution in [0.1, 0.15) is 23.4 Å². The van der Waals surface area contributed by atoms with E-state index in [9.17, 15) is 4.39 Å². The predicted molar refractivity (Wildman–Crippen MR) is 131 cm³/mol. The number of nitrogens with one attached hydrogen (secondary N) is 2. The van der Waals surface area contributed by atoms with E-state index in [-0.39, 0.29) is 5.82 Å². The van der Waals surface area contributed by atoms with E-state index in [1.807, 2.05) is 37.3 Å². The maximum atomic E-state index is 13.4. The number of imidazole rings is 1. The number of aromatic nitrogens is 4. The highest BCUT2D eigenvalue weighted by Gasteiger charge is 2.21. The largest absolute Gasteiger partial charge is 0.359 e. The SMILES string of the molecule is Cc1nnc(NCCN2CCC(Nc3nc4ccccc4n3Cc3ccc(F)cc3)CC2)s1. The molecule has 2 N–H and O–H groups in total. The van der Waals surface area contributed by atoms with E-state index in [1.165, 1.54) is 12.1 Å². The van der Waals surface area contributed by atoms with Gasteiger partial charge in [0.1, 0.15) is 10.8 Å². The van der Waals surface area contributed by atoms with Crippen LogP contribution in [0.15, 0.2) is 48.5 Å². The lowest BCUT2D eigenvalue weighted by molar-refractivity contribution is 0.226. The van der Waals surface area contributed by atoms with Crippen molar-refractivity contribution in [1.82, 2.24) is 24.6 Å². The normalized spacial score (nSPS) is 15.2. The van der Waals surface area contributed by atoms with Crippen molar-refractivity contribution in [2.45, 2.75) is 32.4 Å². The zero-order valence-corrected chi connectivity index (χ0v) is 19.5. The summed E-state index contributed by atoms with van der Waals surface area (Å²) in [6.07, 6.45) is 2.13. The van der Waals surface area contributed by atoms with Crippen LogP contribution in [-0.4, -0.2) is 56.9 Å². The van der Waals surface area contributed by atoms with Gasteiger partial charge in [0.05, 0.1) is 17.6 Å². The van der Waals surface area contributed by atoms with Crippen LogP contribution < -0.4 is 10.6 Å². The molecule has 172 valence electrons. The van der Waals surface area contributed by atoms with Crippen molar-refractivity contribution >= 4 is 33.5 Å². The second-order valence-electron chi connectivity index (χ2n) is 8.45. The molecular weight excluding hydrogens is 437 g/mol. The second kappa shape index (κ2) is 9.84. The lowest BCUT2D eigenvalue weighted by Crippen LogP contribution is -2.41. The lowest BCUT2D eigenvalue weighted by Gasteiger charge is -2.32. The Hall–Kier alpha value is -3.04. The number of anilines is 2. The number of hydrogen-bond donors (Lipinski definition) is 2. The number of benzene rings is 2. The zero-order valence-electron chi connectivity index (χ0n) is 18.7. The number of para-hydroxylation sites is 2. The smallest absolute Gasteiger partial charge is 0.205 e. The van der Waals surface area contributed by atoms with Crippen molar-refractivity contribution in [3.8, 4) is 0 Å². The molecule has 9 heteroatoms. The summed E-state index contributed by atoms with van der Waals surface area (Å²) < 4.78 is 15.6. The molecule has 1 aliphatic heterocycles. The number of hydrogen-bond acceptors (Lipinski definition) is 7. The van der Waals surface area contributed by atoms with Crippen molar-refractivity contribution in [3.63, 3.8) is 0 Å². The van der Waals surface area contributed by atoms with Gasteiger partial charge >= 0.3 is 0 Å². The standard InChI is InChI=1S/C24H28FN7S/c1-17-29-30-24(33-17)26-12-15-31-13-10-20(11-14-31)27-23-28-21-4-2-3-5-22(21)32(23)16-18-6-8-19(25)9-7-18/h2-9,20H,10-16H2,1H3,(H,26,30)(H,27,28). The van der Waals surface area contributed by atoms with Gasteiger partial charge in [0.15, 0.2) is 0 Å². The Morgan fingerprint density at radius 1 is 1.06 bits per heavy atom. The van der Waals surface area contributed by atoms with Gasteiger partial charge in [0.25, 0.3) is 0 Å². The molecule has 0 radical (unpaired) electrons. The highest BCUT2D eigenvalue weighted by Crippen LogP contribution is 2.24. The summed E-state index contributed by atoms with van der Waals surface area (Å²) in [5.41, 5.74) is 3.10. The molecule has 33 heavy (non-hydrogen) atoms. The van der Waals surface area contributed by atoms with Gasteiger partial charge in [-0.15, -0.1) is 10.2 Å². The van der Waals surface area contributed by atoms with Crippen LogP contribution in [-0.2, 0) is 6.54 Å². The Kier molecular flexibility index (Phi) is 6.50. The minimum Gasteiger partial charge on any atom is -0.359 e. The Morgan fingerprint density at radius 3 is 2.61 bits per heavy atom. The lowest BCUT2D eigenvalue weighted by atomic mass is 10.1. The molecule has 0 spiro atoms. The van der Waals surface area contributed by atoms with Crippen LogP contribution in [0.5, 0.6) is 0 Å². The van der Waals surface area contributed by atoms with Gasteiger partial charge in [-0.1, -0.05) is 35.6 Å². The molecule has 5 rings (SSSR count). The van der Waals surface area contributed by atoms with E-state index in [0.717, 1.165) is 71.7 Å². The average molecular weight is 466 g/mol. The molecule has 2 aromatic carbocycles. The number of aryl methyl sites for hydroxylation is 1. The van der Waals surface area contributed by atoms with Gasteiger partial charge in [-0.3, -0.25) is 0 Å². The number of rotatable bonds is 8. The average Bonchev–Trinajstić information content (AvgIpc) is 3.39. The monoisotopic (exact) mass is 465 g/mol. The van der Waals surface area contributed by atoms with Crippen molar-refractivity contribution in [2.24, 2.45) is 0 Å². The van der Waals surface area contributed by atoms with Crippen molar-refractivity contribution in [3.05, 3.63) is 64.9 Å². The quantitative estimate of drug-likeness (QED) is 0.403. The van der Waals surface area contributed by atoms with Crippen LogP contribution >= 0.6 is 11.3 Å². The van der Waals surface area contributed by atoms with Gasteiger partial charge in [0.2, 0.25) is 11.1 Å². The fourth-order valence-corrected chi connectivity index (χ4v) is 4.91. The maximum absolute atomic E-state index is 13.4. The first-order chi connectivity index (χ1) is 16.1. The summed E-state index contributed by atoms with van der Waals surface area (Å²) in [6.45, 7) is 6.58. The van der Waals surface area contributed by atoms with E-state index in [2.05, 4.69) is 36.4 Å². The molecule has 0 bridgehead atoms. The van der Waals surface area contributed by atoms with Crippen molar-refractivity contribution in [2.75, 3.05) is 36.8 Å². The topological polar surface area (TPSA) is 70.9 Å². The summed E-state index contributed by atoms with van der Waals surface area (Å²) in [7, 11) is 0. The van der Waals surface area contributed by atoms with Crippen LogP contribution in [0.3, 0.4) is 0 Å². The molecule has 0 amide bonds. The van der Waals surface area contributed by atoms with E-state index in [1.54, 1.807) is 11.3 Å². The molecule has 3 heterocycles. The summed E-state index contributed by atoms with van der Waals surface area (Å²) in [5, 5.41) is 17.1. The first kappa shape index (κ1) is 21.8. The van der Waals surface area contributed by atoms with E-state index >= 15 is 0 Å².